The lowest BCUT2D eigenvalue weighted by Crippen LogP contribution is -2.27. The topological polar surface area (TPSA) is 12.0 Å². The van der Waals surface area contributed by atoms with Gasteiger partial charge in [-0.05, 0) is 55.7 Å². The average Bonchev–Trinajstić information content (AvgIpc) is 2.28. The SMILES string of the molecule is Cc1cccc(NC2CCCC(CC(C)C)C2)c1. The summed E-state index contributed by atoms with van der Waals surface area (Å²) in [6.45, 7) is 6.85. The monoisotopic (exact) mass is 245 g/mol. The summed E-state index contributed by atoms with van der Waals surface area (Å²) in [5.74, 6) is 1.77. The predicted molar refractivity (Wildman–Crippen MR) is 80.0 cm³/mol. The lowest BCUT2D eigenvalue weighted by molar-refractivity contribution is 0.289. The predicted octanol–water partition coefficient (Wildman–Crippen LogP) is 5.01. The summed E-state index contributed by atoms with van der Waals surface area (Å²) in [6.07, 6.45) is 6.91. The molecule has 1 heteroatoms. The maximum absolute atomic E-state index is 3.72. The van der Waals surface area contributed by atoms with Crippen LogP contribution in [0.2, 0.25) is 0 Å². The molecule has 1 saturated carbocycles. The molecule has 18 heavy (non-hydrogen) atoms. The molecule has 1 fully saturated rings. The van der Waals surface area contributed by atoms with Crippen molar-refractivity contribution in [1.29, 1.82) is 0 Å². The molecule has 1 N–H and O–H groups in total. The number of aryl methyl sites for hydroxylation is 1. The Morgan fingerprint density at radius 3 is 2.83 bits per heavy atom. The van der Waals surface area contributed by atoms with E-state index in [2.05, 4.69) is 50.4 Å². The number of hydrogen-bond donors (Lipinski definition) is 1. The first-order chi connectivity index (χ1) is 8.63. The van der Waals surface area contributed by atoms with Gasteiger partial charge in [-0.15, -0.1) is 0 Å². The van der Waals surface area contributed by atoms with Crippen molar-refractivity contribution in [3.05, 3.63) is 29.8 Å². The van der Waals surface area contributed by atoms with Gasteiger partial charge in [0.1, 0.15) is 0 Å². The highest BCUT2D eigenvalue weighted by Gasteiger charge is 2.22. The van der Waals surface area contributed by atoms with Crippen LogP contribution in [-0.4, -0.2) is 6.04 Å². The third-order valence-corrected chi connectivity index (χ3v) is 3.98. The third-order valence-electron chi connectivity index (χ3n) is 3.98. The lowest BCUT2D eigenvalue weighted by atomic mass is 9.81. The third kappa shape index (κ3) is 4.04. The van der Waals surface area contributed by atoms with Crippen molar-refractivity contribution in [3.63, 3.8) is 0 Å². The zero-order valence-electron chi connectivity index (χ0n) is 12.1. The highest BCUT2D eigenvalue weighted by molar-refractivity contribution is 5.46. The van der Waals surface area contributed by atoms with Gasteiger partial charge in [0.15, 0.2) is 0 Å². The van der Waals surface area contributed by atoms with E-state index in [1.807, 2.05) is 0 Å². The van der Waals surface area contributed by atoms with Crippen molar-refractivity contribution in [3.8, 4) is 0 Å². The lowest BCUT2D eigenvalue weighted by Gasteiger charge is -2.31. The molecule has 2 atom stereocenters. The number of anilines is 1. The minimum atomic E-state index is 0.685. The molecule has 1 aromatic rings. The molecule has 0 bridgehead atoms. The minimum absolute atomic E-state index is 0.685. The molecule has 0 heterocycles. The van der Waals surface area contributed by atoms with Gasteiger partial charge < -0.3 is 5.32 Å². The van der Waals surface area contributed by atoms with Gasteiger partial charge in [0.05, 0.1) is 0 Å². The summed E-state index contributed by atoms with van der Waals surface area (Å²) in [5, 5.41) is 3.72. The fraction of sp³-hybridized carbons (Fsp3) is 0.647. The molecule has 0 spiro atoms. The molecule has 1 aliphatic carbocycles. The summed E-state index contributed by atoms with van der Waals surface area (Å²) in [6, 6.07) is 9.44. The largest absolute Gasteiger partial charge is 0.382 e. The first-order valence-electron chi connectivity index (χ1n) is 7.46. The molecule has 2 unspecified atom stereocenters. The standard InChI is InChI=1S/C17H27N/c1-13(2)10-15-7-5-9-17(12-15)18-16-8-4-6-14(3)11-16/h4,6,8,11,13,15,17-18H,5,7,9-10,12H2,1-3H3. The van der Waals surface area contributed by atoms with Crippen LogP contribution in [0.1, 0.15) is 51.5 Å². The molecule has 1 nitrogen and oxygen atoms in total. The zero-order valence-corrected chi connectivity index (χ0v) is 12.1. The molecule has 1 aliphatic rings. The molecule has 0 aliphatic heterocycles. The Balaban J connectivity index is 1.89. The smallest absolute Gasteiger partial charge is 0.0344 e. The number of benzene rings is 1. The molecular weight excluding hydrogens is 218 g/mol. The quantitative estimate of drug-likeness (QED) is 0.786. The van der Waals surface area contributed by atoms with Gasteiger partial charge in [-0.1, -0.05) is 38.8 Å². The molecule has 0 amide bonds. The summed E-state index contributed by atoms with van der Waals surface area (Å²) in [4.78, 5) is 0. The van der Waals surface area contributed by atoms with Crippen LogP contribution in [-0.2, 0) is 0 Å². The Morgan fingerprint density at radius 1 is 1.28 bits per heavy atom. The summed E-state index contributed by atoms with van der Waals surface area (Å²) in [7, 11) is 0. The summed E-state index contributed by atoms with van der Waals surface area (Å²) in [5.41, 5.74) is 2.64. The fourth-order valence-electron chi connectivity index (χ4n) is 3.27. The second kappa shape index (κ2) is 6.26. The van der Waals surface area contributed by atoms with Gasteiger partial charge in [-0.2, -0.15) is 0 Å². The Kier molecular flexibility index (Phi) is 4.68. The molecule has 1 aromatic carbocycles. The molecule has 0 saturated heterocycles. The minimum Gasteiger partial charge on any atom is -0.382 e. The fourth-order valence-corrected chi connectivity index (χ4v) is 3.27. The van der Waals surface area contributed by atoms with Crippen LogP contribution in [0.25, 0.3) is 0 Å². The molecule has 2 rings (SSSR count). The van der Waals surface area contributed by atoms with E-state index in [-0.39, 0.29) is 0 Å². The summed E-state index contributed by atoms with van der Waals surface area (Å²) >= 11 is 0. The normalized spacial score (nSPS) is 24.2. The Bertz CT molecular complexity index is 370. The first kappa shape index (κ1) is 13.5. The van der Waals surface area contributed by atoms with Gasteiger partial charge in [0.25, 0.3) is 0 Å². The van der Waals surface area contributed by atoms with E-state index in [0.29, 0.717) is 6.04 Å². The van der Waals surface area contributed by atoms with E-state index in [9.17, 15) is 0 Å². The van der Waals surface area contributed by atoms with E-state index in [4.69, 9.17) is 0 Å². The van der Waals surface area contributed by atoms with Crippen LogP contribution in [0.5, 0.6) is 0 Å². The maximum atomic E-state index is 3.72. The number of rotatable bonds is 4. The first-order valence-corrected chi connectivity index (χ1v) is 7.46. The summed E-state index contributed by atoms with van der Waals surface area (Å²) < 4.78 is 0. The van der Waals surface area contributed by atoms with Gasteiger partial charge in [-0.25, -0.2) is 0 Å². The van der Waals surface area contributed by atoms with Crippen LogP contribution in [0.4, 0.5) is 5.69 Å². The maximum Gasteiger partial charge on any atom is 0.0344 e. The molecule has 0 aromatic heterocycles. The van der Waals surface area contributed by atoms with Crippen LogP contribution in [0, 0.1) is 18.8 Å². The van der Waals surface area contributed by atoms with Crippen LogP contribution < -0.4 is 5.32 Å². The molecule has 0 radical (unpaired) electrons. The van der Waals surface area contributed by atoms with E-state index in [1.165, 1.54) is 43.4 Å². The number of hydrogen-bond acceptors (Lipinski definition) is 1. The van der Waals surface area contributed by atoms with Crippen molar-refractivity contribution >= 4 is 5.69 Å². The van der Waals surface area contributed by atoms with Crippen LogP contribution >= 0.6 is 0 Å². The highest BCUT2D eigenvalue weighted by Crippen LogP contribution is 2.31. The van der Waals surface area contributed by atoms with Crippen molar-refractivity contribution < 1.29 is 0 Å². The van der Waals surface area contributed by atoms with Gasteiger partial charge in [0, 0.05) is 11.7 Å². The van der Waals surface area contributed by atoms with Gasteiger partial charge in [-0.3, -0.25) is 0 Å². The van der Waals surface area contributed by atoms with Crippen molar-refractivity contribution in [1.82, 2.24) is 0 Å². The van der Waals surface area contributed by atoms with E-state index < -0.39 is 0 Å². The second-order valence-corrected chi connectivity index (χ2v) is 6.37. The van der Waals surface area contributed by atoms with E-state index >= 15 is 0 Å². The van der Waals surface area contributed by atoms with Crippen LogP contribution in [0.15, 0.2) is 24.3 Å². The van der Waals surface area contributed by atoms with E-state index in [0.717, 1.165) is 11.8 Å². The Hall–Kier alpha value is -0.980. The average molecular weight is 245 g/mol. The number of nitrogens with one attached hydrogen (secondary N) is 1. The van der Waals surface area contributed by atoms with Crippen molar-refractivity contribution in [2.24, 2.45) is 11.8 Å². The van der Waals surface area contributed by atoms with E-state index in [1.54, 1.807) is 0 Å². The van der Waals surface area contributed by atoms with Gasteiger partial charge >= 0.3 is 0 Å². The van der Waals surface area contributed by atoms with Crippen molar-refractivity contribution in [2.45, 2.75) is 58.9 Å². The zero-order chi connectivity index (χ0) is 13.0. The molecule has 100 valence electrons. The molecular formula is C17H27N. The van der Waals surface area contributed by atoms with Crippen LogP contribution in [0.3, 0.4) is 0 Å². The Labute approximate surface area is 112 Å². The Morgan fingerprint density at radius 2 is 2.11 bits per heavy atom. The highest BCUT2D eigenvalue weighted by atomic mass is 14.9. The van der Waals surface area contributed by atoms with Crippen molar-refractivity contribution in [2.75, 3.05) is 5.32 Å². The second-order valence-electron chi connectivity index (χ2n) is 6.37. The van der Waals surface area contributed by atoms with Gasteiger partial charge in [0.2, 0.25) is 0 Å².